The van der Waals surface area contributed by atoms with Crippen molar-refractivity contribution in [2.45, 2.75) is 39.2 Å². The first kappa shape index (κ1) is 20.3. The molecule has 0 aliphatic carbocycles. The van der Waals surface area contributed by atoms with Gasteiger partial charge >= 0.3 is 6.09 Å². The maximum absolute atomic E-state index is 12.2. The third-order valence-electron chi connectivity index (χ3n) is 5.24. The molecule has 0 aromatic carbocycles. The van der Waals surface area contributed by atoms with E-state index in [0.717, 1.165) is 56.9 Å². The molecule has 0 spiro atoms. The maximum atomic E-state index is 12.2. The van der Waals surface area contributed by atoms with Gasteiger partial charge in [0.1, 0.15) is 18.3 Å². The van der Waals surface area contributed by atoms with E-state index in [4.69, 9.17) is 4.74 Å². The molecule has 9 heteroatoms. The van der Waals surface area contributed by atoms with Crippen LogP contribution in [-0.2, 0) is 11.2 Å². The Labute approximate surface area is 176 Å². The smallest absolute Gasteiger partial charge is 0.410 e. The molecule has 0 atom stereocenters. The molecule has 1 fully saturated rings. The van der Waals surface area contributed by atoms with Gasteiger partial charge < -0.3 is 14.6 Å². The predicted octanol–water partition coefficient (Wildman–Crippen LogP) is 2.63. The summed E-state index contributed by atoms with van der Waals surface area (Å²) < 4.78 is 7.14. The molecule has 0 bridgehead atoms. The van der Waals surface area contributed by atoms with Gasteiger partial charge in [-0.05, 0) is 51.8 Å². The minimum Gasteiger partial charge on any atom is -0.444 e. The van der Waals surface area contributed by atoms with Crippen molar-refractivity contribution < 1.29 is 9.53 Å². The number of ether oxygens (including phenoxy) is 1. The molecular formula is C21H29N7O2. The highest BCUT2D eigenvalue weighted by atomic mass is 16.6. The monoisotopic (exact) mass is 411 g/mol. The lowest BCUT2D eigenvalue weighted by atomic mass is 10.1. The first-order valence-corrected chi connectivity index (χ1v) is 10.4. The van der Waals surface area contributed by atoms with Gasteiger partial charge in [-0.2, -0.15) is 5.10 Å². The fraction of sp³-hybridized carbons (Fsp3) is 0.524. The SMILES string of the molecule is CC(C)(C)OC(=O)N1CCN(CCCc2c[nH]c3cnc(-n4cncn4)cc23)CC1. The lowest BCUT2D eigenvalue weighted by Crippen LogP contribution is -2.50. The Balaban J connectivity index is 1.29. The van der Waals surface area contributed by atoms with Crippen LogP contribution in [0.4, 0.5) is 4.79 Å². The number of hydrogen-bond acceptors (Lipinski definition) is 6. The Bertz CT molecular complexity index is 983. The van der Waals surface area contributed by atoms with Gasteiger partial charge in [-0.15, -0.1) is 0 Å². The second-order valence-corrected chi connectivity index (χ2v) is 8.65. The number of aryl methyl sites for hydroxylation is 1. The molecule has 4 heterocycles. The quantitative estimate of drug-likeness (QED) is 0.694. The van der Waals surface area contributed by atoms with Crippen LogP contribution in [0.2, 0.25) is 0 Å². The molecule has 0 unspecified atom stereocenters. The molecular weight excluding hydrogens is 382 g/mol. The number of aromatic amines is 1. The molecule has 0 saturated carbocycles. The van der Waals surface area contributed by atoms with E-state index in [1.807, 2.05) is 27.0 Å². The number of carbonyl (C=O) groups excluding carboxylic acids is 1. The zero-order valence-corrected chi connectivity index (χ0v) is 17.8. The summed E-state index contributed by atoms with van der Waals surface area (Å²) in [4.78, 5) is 28.1. The number of rotatable bonds is 5. The van der Waals surface area contributed by atoms with Crippen LogP contribution in [0, 0.1) is 0 Å². The molecule has 3 aromatic heterocycles. The van der Waals surface area contributed by atoms with Crippen LogP contribution < -0.4 is 0 Å². The first-order chi connectivity index (χ1) is 14.4. The molecule has 4 rings (SSSR count). The fourth-order valence-electron chi connectivity index (χ4n) is 3.70. The average Bonchev–Trinajstić information content (AvgIpc) is 3.37. The van der Waals surface area contributed by atoms with Crippen LogP contribution in [0.1, 0.15) is 32.8 Å². The summed E-state index contributed by atoms with van der Waals surface area (Å²) >= 11 is 0. The van der Waals surface area contributed by atoms with Crippen molar-refractivity contribution >= 4 is 17.0 Å². The molecule has 160 valence electrons. The van der Waals surface area contributed by atoms with E-state index < -0.39 is 5.60 Å². The van der Waals surface area contributed by atoms with E-state index in [1.54, 1.807) is 15.9 Å². The molecule has 1 saturated heterocycles. The Morgan fingerprint density at radius 3 is 2.73 bits per heavy atom. The highest BCUT2D eigenvalue weighted by Crippen LogP contribution is 2.21. The molecule has 1 N–H and O–H groups in total. The number of carbonyl (C=O) groups is 1. The number of piperazine rings is 1. The molecule has 30 heavy (non-hydrogen) atoms. The van der Waals surface area contributed by atoms with Crippen molar-refractivity contribution in [1.82, 2.24) is 34.5 Å². The summed E-state index contributed by atoms with van der Waals surface area (Å²) in [5, 5.41) is 5.33. The van der Waals surface area contributed by atoms with Crippen molar-refractivity contribution in [3.63, 3.8) is 0 Å². The van der Waals surface area contributed by atoms with Gasteiger partial charge in [-0.1, -0.05) is 0 Å². The third kappa shape index (κ3) is 4.79. The van der Waals surface area contributed by atoms with Gasteiger partial charge in [0.2, 0.25) is 0 Å². The van der Waals surface area contributed by atoms with Gasteiger partial charge in [-0.25, -0.2) is 19.4 Å². The van der Waals surface area contributed by atoms with Crippen LogP contribution >= 0.6 is 0 Å². The normalized spacial score (nSPS) is 15.6. The van der Waals surface area contributed by atoms with Crippen LogP contribution in [0.15, 0.2) is 31.1 Å². The summed E-state index contributed by atoms with van der Waals surface area (Å²) in [7, 11) is 0. The van der Waals surface area contributed by atoms with Crippen molar-refractivity contribution in [3.8, 4) is 5.82 Å². The number of hydrogen-bond donors (Lipinski definition) is 1. The van der Waals surface area contributed by atoms with Gasteiger partial charge in [0.05, 0.1) is 11.7 Å². The third-order valence-corrected chi connectivity index (χ3v) is 5.24. The highest BCUT2D eigenvalue weighted by molar-refractivity contribution is 5.83. The van der Waals surface area contributed by atoms with Gasteiger partial charge in [0.15, 0.2) is 5.82 Å². The Hall–Kier alpha value is -2.94. The van der Waals surface area contributed by atoms with Crippen molar-refractivity contribution in [2.75, 3.05) is 32.7 Å². The number of H-pyrrole nitrogens is 1. The topological polar surface area (TPSA) is 92.2 Å². The minimum absolute atomic E-state index is 0.210. The van der Waals surface area contributed by atoms with Gasteiger partial charge in [-0.3, -0.25) is 4.90 Å². The van der Waals surface area contributed by atoms with Crippen LogP contribution in [0.25, 0.3) is 16.7 Å². The number of pyridine rings is 1. The van der Waals surface area contributed by atoms with E-state index in [1.165, 1.54) is 17.3 Å². The van der Waals surface area contributed by atoms with E-state index in [0.29, 0.717) is 0 Å². The number of amides is 1. The van der Waals surface area contributed by atoms with E-state index in [9.17, 15) is 4.79 Å². The number of fused-ring (bicyclic) bond motifs is 1. The summed E-state index contributed by atoms with van der Waals surface area (Å²) in [5.41, 5.74) is 1.86. The van der Waals surface area contributed by atoms with Gasteiger partial charge in [0, 0.05) is 37.8 Å². The average molecular weight is 412 g/mol. The number of aromatic nitrogens is 5. The lowest BCUT2D eigenvalue weighted by Gasteiger charge is -2.35. The predicted molar refractivity (Wildman–Crippen MR) is 114 cm³/mol. The molecule has 9 nitrogen and oxygen atoms in total. The Kier molecular flexibility index (Phi) is 5.72. The molecule has 3 aromatic rings. The zero-order chi connectivity index (χ0) is 21.1. The molecule has 0 radical (unpaired) electrons. The van der Waals surface area contributed by atoms with Crippen molar-refractivity contribution in [1.29, 1.82) is 0 Å². The van der Waals surface area contributed by atoms with Gasteiger partial charge in [0.25, 0.3) is 0 Å². The number of nitrogens with one attached hydrogen (secondary N) is 1. The minimum atomic E-state index is -0.448. The second-order valence-electron chi connectivity index (χ2n) is 8.65. The summed E-state index contributed by atoms with van der Waals surface area (Å²) in [6.45, 7) is 9.91. The first-order valence-electron chi connectivity index (χ1n) is 10.4. The zero-order valence-electron chi connectivity index (χ0n) is 17.8. The number of nitrogens with zero attached hydrogens (tertiary/aromatic N) is 6. The van der Waals surface area contributed by atoms with E-state index in [2.05, 4.69) is 37.2 Å². The van der Waals surface area contributed by atoms with Crippen molar-refractivity contribution in [3.05, 3.63) is 36.7 Å². The Morgan fingerprint density at radius 1 is 1.23 bits per heavy atom. The summed E-state index contributed by atoms with van der Waals surface area (Å²) in [5.74, 6) is 0.763. The van der Waals surface area contributed by atoms with Crippen LogP contribution in [0.5, 0.6) is 0 Å². The maximum Gasteiger partial charge on any atom is 0.410 e. The summed E-state index contributed by atoms with van der Waals surface area (Å²) in [6.07, 6.45) is 8.89. The molecule has 1 aliphatic heterocycles. The fourth-order valence-corrected chi connectivity index (χ4v) is 3.70. The molecule has 1 aliphatic rings. The van der Waals surface area contributed by atoms with E-state index >= 15 is 0 Å². The standard InChI is InChI=1S/C21H29N7O2/c1-21(2,3)30-20(29)27-9-7-26(8-10-27)6-4-5-16-12-23-18-13-24-19(11-17(16)18)28-15-22-14-25-28/h11-15,23H,4-10H2,1-3H3. The lowest BCUT2D eigenvalue weighted by molar-refractivity contribution is 0.0144. The second kappa shape index (κ2) is 8.43. The molecule has 1 amide bonds. The van der Waals surface area contributed by atoms with E-state index in [-0.39, 0.29) is 6.09 Å². The van der Waals surface area contributed by atoms with Crippen molar-refractivity contribution in [2.24, 2.45) is 0 Å². The Morgan fingerprint density at radius 2 is 2.03 bits per heavy atom. The summed E-state index contributed by atoms with van der Waals surface area (Å²) in [6, 6.07) is 2.05. The van der Waals surface area contributed by atoms with Crippen LogP contribution in [-0.4, -0.2) is 79.0 Å². The largest absolute Gasteiger partial charge is 0.444 e. The highest BCUT2D eigenvalue weighted by Gasteiger charge is 2.25. The van der Waals surface area contributed by atoms with Crippen LogP contribution in [0.3, 0.4) is 0 Å².